The third-order valence-corrected chi connectivity index (χ3v) is 13.1. The molecule has 1 aromatic heterocycles. The molecule has 1 N–H and O–H groups in total. The summed E-state index contributed by atoms with van der Waals surface area (Å²) in [6, 6.07) is 13.6. The highest BCUT2D eigenvalue weighted by Crippen LogP contribution is 2.47. The Labute approximate surface area is 300 Å². The molecule has 6 atom stereocenters. The zero-order chi connectivity index (χ0) is 35.8. The van der Waals surface area contributed by atoms with Crippen molar-refractivity contribution in [1.82, 2.24) is 14.9 Å². The maximum absolute atomic E-state index is 14.6. The molecule has 0 radical (unpaired) electrons. The van der Waals surface area contributed by atoms with Gasteiger partial charge in [-0.1, -0.05) is 42.8 Å². The molecule has 7 rings (SSSR count). The van der Waals surface area contributed by atoms with E-state index < -0.39 is 21.7 Å². The maximum atomic E-state index is 14.6. The number of benzene rings is 2. The van der Waals surface area contributed by atoms with E-state index in [1.165, 1.54) is 36.1 Å². The number of hydrogen-bond acceptors (Lipinski definition) is 9. The number of amides is 2. The molecule has 270 valence electrons. The summed E-state index contributed by atoms with van der Waals surface area (Å²) < 4.78 is 39.3. The third-order valence-electron chi connectivity index (χ3n) is 11.1. The van der Waals surface area contributed by atoms with Crippen molar-refractivity contribution >= 4 is 27.4 Å². The molecule has 3 heterocycles. The standard InChI is InChI=1S/C39H47N5O6S/c1-25-10-14-32-27(19-25)8-6-17-39(32)23-44-21-29-11-13-30(29)34(48-3)9-5-7-26(2)22-51(47,43-37(46)31-16-18-40-41-38(31)49-4)42-36(45)28-12-15-35(50-24-39)33(44)20-28/h5,9-10,12,14-16,18-20,26,29-30,34H,6-8,11,13,17,21-24H2,1-4H3,(H,42,43,45,46,47)/b9-5+/t26-,29-,30+,34-,39-,51?/m0/s1. The van der Waals surface area contributed by atoms with Crippen LogP contribution >= 0.6 is 0 Å². The predicted molar refractivity (Wildman–Crippen MR) is 196 cm³/mol. The SMILES string of the molecule is COc1nnccc1C(=O)NS1(=O)=NC(=O)c2ccc3c(c2)N(C[C@@H]2CC[C@H]2[C@@H](OC)/C=C/C[C@H](C)C1)C[C@@]1(CCCc2cc(C)ccc21)CO3. The van der Waals surface area contributed by atoms with Gasteiger partial charge < -0.3 is 19.1 Å². The summed E-state index contributed by atoms with van der Waals surface area (Å²) in [6.45, 7) is 6.14. The molecule has 1 fully saturated rings. The van der Waals surface area contributed by atoms with Gasteiger partial charge in [0.15, 0.2) is 0 Å². The first kappa shape index (κ1) is 35.1. The number of aromatic nitrogens is 2. The number of carbonyl (C=O) groups excluding carboxylic acids is 2. The first-order valence-electron chi connectivity index (χ1n) is 17.9. The Morgan fingerprint density at radius 1 is 1.14 bits per heavy atom. The molecule has 0 saturated heterocycles. The Kier molecular flexibility index (Phi) is 9.91. The number of hydrogen-bond donors (Lipinski definition) is 1. The van der Waals surface area contributed by atoms with Crippen molar-refractivity contribution in [1.29, 1.82) is 0 Å². The topological polar surface area (TPSA) is 132 Å². The number of rotatable bonds is 4. The number of fused-ring (bicyclic) bond motifs is 4. The van der Waals surface area contributed by atoms with Crippen LogP contribution in [0.3, 0.4) is 0 Å². The lowest BCUT2D eigenvalue weighted by Gasteiger charge is -2.46. The molecule has 1 spiro atoms. The van der Waals surface area contributed by atoms with Gasteiger partial charge in [-0.25, -0.2) is 4.21 Å². The highest BCUT2D eigenvalue weighted by Gasteiger charge is 2.44. The van der Waals surface area contributed by atoms with Crippen LogP contribution in [0.5, 0.6) is 11.6 Å². The van der Waals surface area contributed by atoms with Crippen LogP contribution < -0.4 is 19.1 Å². The van der Waals surface area contributed by atoms with Crippen molar-refractivity contribution in [3.63, 3.8) is 0 Å². The normalized spacial score (nSPS) is 29.6. The molecule has 2 aliphatic heterocycles. The van der Waals surface area contributed by atoms with Crippen LogP contribution in [0.25, 0.3) is 0 Å². The summed E-state index contributed by atoms with van der Waals surface area (Å²) >= 11 is 0. The van der Waals surface area contributed by atoms with Crippen LogP contribution in [0.1, 0.15) is 76.4 Å². The summed E-state index contributed by atoms with van der Waals surface area (Å²) in [5.41, 5.74) is 4.93. The molecule has 4 aliphatic rings. The van der Waals surface area contributed by atoms with E-state index in [1.54, 1.807) is 13.2 Å². The molecular formula is C39H47N5O6S. The van der Waals surface area contributed by atoms with Gasteiger partial charge in [-0.05, 0) is 98.6 Å². The fraction of sp³-hybridized carbons (Fsp3) is 0.487. The lowest BCUT2D eigenvalue weighted by atomic mass is 9.68. The van der Waals surface area contributed by atoms with Gasteiger partial charge in [-0.2, -0.15) is 5.10 Å². The second-order valence-electron chi connectivity index (χ2n) is 14.7. The Balaban J connectivity index is 1.31. The highest BCUT2D eigenvalue weighted by atomic mass is 32.2. The van der Waals surface area contributed by atoms with E-state index in [1.807, 2.05) is 19.1 Å². The van der Waals surface area contributed by atoms with Gasteiger partial charge in [0.1, 0.15) is 21.2 Å². The molecule has 3 aromatic rings. The van der Waals surface area contributed by atoms with E-state index in [0.717, 1.165) is 50.9 Å². The fourth-order valence-electron chi connectivity index (χ4n) is 8.37. The molecule has 11 nitrogen and oxygen atoms in total. The zero-order valence-electron chi connectivity index (χ0n) is 29.8. The summed E-state index contributed by atoms with van der Waals surface area (Å²) in [7, 11) is -0.470. The van der Waals surface area contributed by atoms with Crippen LogP contribution in [0.4, 0.5) is 5.69 Å². The largest absolute Gasteiger partial charge is 0.490 e. The van der Waals surface area contributed by atoms with Crippen LogP contribution in [-0.4, -0.2) is 72.0 Å². The summed E-state index contributed by atoms with van der Waals surface area (Å²) in [6.07, 6.45) is 11.3. The molecule has 2 bridgehead atoms. The Morgan fingerprint density at radius 3 is 2.78 bits per heavy atom. The maximum Gasteiger partial charge on any atom is 0.286 e. The molecule has 51 heavy (non-hydrogen) atoms. The van der Waals surface area contributed by atoms with Gasteiger partial charge in [0.2, 0.25) is 5.88 Å². The average molecular weight is 714 g/mol. The minimum absolute atomic E-state index is 0.0206. The molecule has 1 saturated carbocycles. The lowest BCUT2D eigenvalue weighted by molar-refractivity contribution is 0.0131. The number of carbonyl (C=O) groups is 2. The third kappa shape index (κ3) is 7.13. The number of nitrogens with zero attached hydrogens (tertiary/aromatic N) is 4. The second kappa shape index (κ2) is 14.4. The van der Waals surface area contributed by atoms with Crippen LogP contribution in [0.15, 0.2) is 65.2 Å². The van der Waals surface area contributed by atoms with E-state index in [2.05, 4.69) is 61.5 Å². The van der Waals surface area contributed by atoms with Gasteiger partial charge >= 0.3 is 0 Å². The first-order valence-corrected chi connectivity index (χ1v) is 19.6. The van der Waals surface area contributed by atoms with Gasteiger partial charge in [-0.3, -0.25) is 14.3 Å². The summed E-state index contributed by atoms with van der Waals surface area (Å²) in [5.74, 6) is -0.184. The minimum atomic E-state index is -3.60. The van der Waals surface area contributed by atoms with Crippen LogP contribution in [0.2, 0.25) is 0 Å². The monoisotopic (exact) mass is 713 g/mol. The van der Waals surface area contributed by atoms with Crippen molar-refractivity contribution in [3.05, 3.63) is 88.6 Å². The fourth-order valence-corrected chi connectivity index (χ4v) is 10.3. The molecule has 1 unspecified atom stereocenters. The average Bonchev–Trinajstić information content (AvgIpc) is 3.25. The van der Waals surface area contributed by atoms with Crippen molar-refractivity contribution in [3.8, 4) is 11.6 Å². The summed E-state index contributed by atoms with van der Waals surface area (Å²) in [5, 5.41) is 7.62. The van der Waals surface area contributed by atoms with Crippen LogP contribution in [-0.2, 0) is 26.5 Å². The van der Waals surface area contributed by atoms with E-state index in [0.29, 0.717) is 30.6 Å². The summed E-state index contributed by atoms with van der Waals surface area (Å²) in [4.78, 5) is 29.9. The van der Waals surface area contributed by atoms with E-state index in [9.17, 15) is 13.8 Å². The number of allylic oxidation sites excluding steroid dienone is 1. The number of aryl methyl sites for hydroxylation is 2. The van der Waals surface area contributed by atoms with Crippen molar-refractivity contribution in [2.45, 2.75) is 63.9 Å². The lowest BCUT2D eigenvalue weighted by Crippen LogP contribution is -2.49. The minimum Gasteiger partial charge on any atom is -0.490 e. The number of methoxy groups -OCH3 is 2. The number of ether oxygens (including phenoxy) is 3. The number of anilines is 1. The Hall–Kier alpha value is -4.29. The predicted octanol–water partition coefficient (Wildman–Crippen LogP) is 5.86. The van der Waals surface area contributed by atoms with Gasteiger partial charge in [0.25, 0.3) is 11.8 Å². The van der Waals surface area contributed by atoms with Crippen LogP contribution in [0, 0.1) is 24.7 Å². The molecule has 2 amide bonds. The van der Waals surface area contributed by atoms with Crippen molar-refractivity contribution in [2.24, 2.45) is 22.1 Å². The highest BCUT2D eigenvalue weighted by molar-refractivity contribution is 7.92. The van der Waals surface area contributed by atoms with Crippen molar-refractivity contribution in [2.75, 3.05) is 44.6 Å². The Morgan fingerprint density at radius 2 is 2.00 bits per heavy atom. The molecule has 2 aliphatic carbocycles. The molecule has 2 aromatic carbocycles. The molecule has 12 heteroatoms. The zero-order valence-corrected chi connectivity index (χ0v) is 30.6. The quantitative estimate of drug-likeness (QED) is 0.331. The first-order chi connectivity index (χ1) is 24.6. The van der Waals surface area contributed by atoms with Gasteiger partial charge in [0.05, 0.1) is 37.5 Å². The van der Waals surface area contributed by atoms with E-state index >= 15 is 0 Å². The smallest absolute Gasteiger partial charge is 0.286 e. The van der Waals surface area contributed by atoms with Crippen molar-refractivity contribution < 1.29 is 28.0 Å². The van der Waals surface area contributed by atoms with Gasteiger partial charge in [-0.15, -0.1) is 9.46 Å². The van der Waals surface area contributed by atoms with E-state index in [4.69, 9.17) is 14.2 Å². The molecular weight excluding hydrogens is 667 g/mol. The van der Waals surface area contributed by atoms with E-state index in [-0.39, 0.29) is 40.2 Å². The number of nitrogens with one attached hydrogen (secondary N) is 1. The van der Waals surface area contributed by atoms with Gasteiger partial charge in [0, 0.05) is 31.2 Å². The second-order valence-corrected chi connectivity index (χ2v) is 16.7. The Bertz CT molecular complexity index is 1970.